The Morgan fingerprint density at radius 3 is 2.68 bits per heavy atom. The molecular weight excluding hydrogens is 252 g/mol. The number of carbonyl (C=O) groups is 1. The number of hydrogen-bond donors (Lipinski definition) is 1. The van der Waals surface area contributed by atoms with Crippen LogP contribution in [0.2, 0.25) is 0 Å². The minimum atomic E-state index is -0.588. The third kappa shape index (κ3) is 3.70. The zero-order valence-electron chi connectivity index (χ0n) is 10.6. The summed E-state index contributed by atoms with van der Waals surface area (Å²) in [4.78, 5) is 21.2. The lowest BCUT2D eigenvalue weighted by molar-refractivity contribution is -0.384. The molecule has 0 atom stereocenters. The Balaban J connectivity index is 3.09. The van der Waals surface area contributed by atoms with Gasteiger partial charge in [-0.05, 0) is 6.07 Å². The van der Waals surface area contributed by atoms with Crippen molar-refractivity contribution in [3.63, 3.8) is 0 Å². The molecule has 0 aromatic heterocycles. The van der Waals surface area contributed by atoms with Crippen LogP contribution >= 0.6 is 0 Å². The number of esters is 1. The van der Waals surface area contributed by atoms with E-state index in [2.05, 4.69) is 4.74 Å². The predicted octanol–water partition coefficient (Wildman–Crippen LogP) is 1.76. The first-order valence-electron chi connectivity index (χ1n) is 5.34. The van der Waals surface area contributed by atoms with Crippen LogP contribution in [0, 0.1) is 10.1 Å². The minimum absolute atomic E-state index is 0.0203. The van der Waals surface area contributed by atoms with Crippen LogP contribution in [0.25, 0.3) is 6.08 Å². The standard InChI is InChI=1S/C12H14N2O5/c1-18-9-6-8(4-3-5-11(15)19-2)12(13)10(7-9)14(16)17/h3-4,6-7H,5,13H2,1-2H3. The quantitative estimate of drug-likeness (QED) is 0.377. The number of hydrogen-bond acceptors (Lipinski definition) is 6. The highest BCUT2D eigenvalue weighted by Crippen LogP contribution is 2.31. The van der Waals surface area contributed by atoms with Crippen molar-refractivity contribution < 1.29 is 19.2 Å². The molecule has 1 aromatic carbocycles. The fraction of sp³-hybridized carbons (Fsp3) is 0.250. The van der Waals surface area contributed by atoms with E-state index in [4.69, 9.17) is 10.5 Å². The van der Waals surface area contributed by atoms with Crippen molar-refractivity contribution in [2.75, 3.05) is 20.0 Å². The molecule has 102 valence electrons. The van der Waals surface area contributed by atoms with Crippen LogP contribution in [0.15, 0.2) is 18.2 Å². The van der Waals surface area contributed by atoms with E-state index < -0.39 is 10.9 Å². The molecule has 0 saturated carbocycles. The fourth-order valence-corrected chi connectivity index (χ4v) is 1.41. The van der Waals surface area contributed by atoms with E-state index in [-0.39, 0.29) is 17.8 Å². The summed E-state index contributed by atoms with van der Waals surface area (Å²) in [5.41, 5.74) is 5.89. The van der Waals surface area contributed by atoms with Gasteiger partial charge in [-0.2, -0.15) is 0 Å². The molecule has 0 radical (unpaired) electrons. The Morgan fingerprint density at radius 2 is 2.16 bits per heavy atom. The van der Waals surface area contributed by atoms with Gasteiger partial charge in [0.2, 0.25) is 0 Å². The lowest BCUT2D eigenvalue weighted by Gasteiger charge is -2.05. The topological polar surface area (TPSA) is 105 Å². The number of carbonyl (C=O) groups excluding carboxylic acids is 1. The van der Waals surface area contributed by atoms with E-state index in [1.807, 2.05) is 0 Å². The van der Waals surface area contributed by atoms with Gasteiger partial charge in [0, 0.05) is 5.56 Å². The van der Waals surface area contributed by atoms with Gasteiger partial charge in [-0.15, -0.1) is 0 Å². The molecule has 0 bridgehead atoms. The van der Waals surface area contributed by atoms with Gasteiger partial charge < -0.3 is 15.2 Å². The van der Waals surface area contributed by atoms with Crippen LogP contribution in [0.5, 0.6) is 5.75 Å². The van der Waals surface area contributed by atoms with Crippen molar-refractivity contribution >= 4 is 23.4 Å². The number of nitrogens with zero attached hydrogens (tertiary/aromatic N) is 1. The Bertz CT molecular complexity index is 525. The van der Waals surface area contributed by atoms with Gasteiger partial charge in [0.05, 0.1) is 31.6 Å². The summed E-state index contributed by atoms with van der Waals surface area (Å²) in [6, 6.07) is 2.79. The molecule has 0 unspecified atom stereocenters. The van der Waals surface area contributed by atoms with Crippen molar-refractivity contribution in [1.82, 2.24) is 0 Å². The number of methoxy groups -OCH3 is 2. The maximum Gasteiger partial charge on any atom is 0.309 e. The Kier molecular flexibility index (Phi) is 4.87. The van der Waals surface area contributed by atoms with Gasteiger partial charge in [0.1, 0.15) is 11.4 Å². The van der Waals surface area contributed by atoms with Crippen LogP contribution in [-0.2, 0) is 9.53 Å². The monoisotopic (exact) mass is 266 g/mol. The molecule has 0 fully saturated rings. The Morgan fingerprint density at radius 1 is 1.47 bits per heavy atom. The molecule has 0 aliphatic heterocycles. The second-order valence-electron chi connectivity index (χ2n) is 3.59. The summed E-state index contributed by atoms with van der Waals surface area (Å²) >= 11 is 0. The number of anilines is 1. The SMILES string of the molecule is COC(=O)CC=Cc1cc(OC)cc([N+](=O)[O-])c1N. The average molecular weight is 266 g/mol. The maximum atomic E-state index is 10.9. The molecule has 0 aliphatic carbocycles. The number of nitro benzene ring substituents is 1. The highest BCUT2D eigenvalue weighted by molar-refractivity contribution is 5.77. The molecule has 0 amide bonds. The molecule has 0 aliphatic rings. The second-order valence-corrected chi connectivity index (χ2v) is 3.59. The molecule has 0 spiro atoms. The first-order chi connectivity index (χ1) is 8.99. The lowest BCUT2D eigenvalue weighted by atomic mass is 10.1. The van der Waals surface area contributed by atoms with E-state index in [9.17, 15) is 14.9 Å². The van der Waals surface area contributed by atoms with Gasteiger partial charge in [0.15, 0.2) is 0 Å². The summed E-state index contributed by atoms with van der Waals surface area (Å²) in [5, 5.41) is 10.8. The Hall–Kier alpha value is -2.57. The van der Waals surface area contributed by atoms with Crippen molar-refractivity contribution in [3.8, 4) is 5.75 Å². The van der Waals surface area contributed by atoms with Gasteiger partial charge in [-0.3, -0.25) is 14.9 Å². The second kappa shape index (κ2) is 6.39. The molecule has 7 heteroatoms. The van der Waals surface area contributed by atoms with E-state index in [1.165, 1.54) is 32.4 Å². The van der Waals surface area contributed by atoms with Crippen LogP contribution in [0.4, 0.5) is 11.4 Å². The van der Waals surface area contributed by atoms with Gasteiger partial charge >= 0.3 is 5.97 Å². The largest absolute Gasteiger partial charge is 0.496 e. The van der Waals surface area contributed by atoms with E-state index in [0.717, 1.165) is 0 Å². The summed E-state index contributed by atoms with van der Waals surface area (Å²) in [7, 11) is 2.68. The van der Waals surface area contributed by atoms with Gasteiger partial charge in [-0.25, -0.2) is 0 Å². The van der Waals surface area contributed by atoms with Crippen LogP contribution in [0.1, 0.15) is 12.0 Å². The van der Waals surface area contributed by atoms with Crippen LogP contribution in [0.3, 0.4) is 0 Å². The van der Waals surface area contributed by atoms with Crippen molar-refractivity contribution in [2.24, 2.45) is 0 Å². The lowest BCUT2D eigenvalue weighted by Crippen LogP contribution is -2.00. The number of rotatable bonds is 5. The highest BCUT2D eigenvalue weighted by Gasteiger charge is 2.16. The molecule has 1 rings (SSSR count). The zero-order chi connectivity index (χ0) is 14.4. The average Bonchev–Trinajstić information content (AvgIpc) is 2.39. The number of nitrogens with two attached hydrogens (primary N) is 1. The first kappa shape index (κ1) is 14.5. The Labute approximate surface area is 109 Å². The molecule has 2 N–H and O–H groups in total. The molecule has 0 saturated heterocycles. The fourth-order valence-electron chi connectivity index (χ4n) is 1.41. The van der Waals surface area contributed by atoms with E-state index in [1.54, 1.807) is 6.07 Å². The summed E-state index contributed by atoms with van der Waals surface area (Å²) in [6.45, 7) is 0. The van der Waals surface area contributed by atoms with E-state index in [0.29, 0.717) is 11.3 Å². The van der Waals surface area contributed by atoms with E-state index >= 15 is 0 Å². The highest BCUT2D eigenvalue weighted by atomic mass is 16.6. The third-order valence-corrected chi connectivity index (χ3v) is 2.41. The smallest absolute Gasteiger partial charge is 0.309 e. The summed E-state index contributed by atoms with van der Waals surface area (Å²) in [5.74, 6) is -0.0918. The number of benzene rings is 1. The number of nitrogen functional groups attached to an aromatic ring is 1. The minimum Gasteiger partial charge on any atom is -0.496 e. The molecule has 1 aromatic rings. The summed E-state index contributed by atoms with van der Waals surface area (Å²) in [6.07, 6.45) is 3.09. The van der Waals surface area contributed by atoms with Gasteiger partial charge in [0.25, 0.3) is 5.69 Å². The van der Waals surface area contributed by atoms with Gasteiger partial charge in [-0.1, -0.05) is 12.2 Å². The number of nitro groups is 1. The molecule has 19 heavy (non-hydrogen) atoms. The zero-order valence-corrected chi connectivity index (χ0v) is 10.6. The number of ether oxygens (including phenoxy) is 2. The first-order valence-corrected chi connectivity index (χ1v) is 5.34. The third-order valence-electron chi connectivity index (χ3n) is 2.41. The normalized spacial score (nSPS) is 10.4. The summed E-state index contributed by atoms with van der Waals surface area (Å²) < 4.78 is 9.43. The maximum absolute atomic E-state index is 10.9. The van der Waals surface area contributed by atoms with Crippen LogP contribution in [-0.4, -0.2) is 25.1 Å². The molecule has 0 heterocycles. The molecule has 7 nitrogen and oxygen atoms in total. The van der Waals surface area contributed by atoms with Crippen molar-refractivity contribution in [2.45, 2.75) is 6.42 Å². The van der Waals surface area contributed by atoms with Crippen LogP contribution < -0.4 is 10.5 Å². The predicted molar refractivity (Wildman–Crippen MR) is 69.7 cm³/mol. The van der Waals surface area contributed by atoms with Crippen molar-refractivity contribution in [1.29, 1.82) is 0 Å². The van der Waals surface area contributed by atoms with Crippen molar-refractivity contribution in [3.05, 3.63) is 33.9 Å². The molecular formula is C12H14N2O5.